The number of rotatable bonds is 6. The first kappa shape index (κ1) is 20.1. The first-order valence-corrected chi connectivity index (χ1v) is 10.6. The van der Waals surface area contributed by atoms with Gasteiger partial charge in [-0.2, -0.15) is 0 Å². The van der Waals surface area contributed by atoms with Gasteiger partial charge in [0.05, 0.1) is 19.3 Å². The van der Waals surface area contributed by atoms with Crippen molar-refractivity contribution >= 4 is 11.6 Å². The van der Waals surface area contributed by atoms with Crippen LogP contribution >= 0.6 is 0 Å². The molecule has 2 aromatic carbocycles. The van der Waals surface area contributed by atoms with Crippen LogP contribution in [0, 0.1) is 6.92 Å². The molecule has 1 amide bonds. The number of carbonyl (C=O) groups excluding carboxylic acids is 1. The third-order valence-corrected chi connectivity index (χ3v) is 6.00. The van der Waals surface area contributed by atoms with Crippen LogP contribution in [-0.2, 0) is 16.0 Å². The van der Waals surface area contributed by atoms with Crippen molar-refractivity contribution in [1.82, 2.24) is 10.2 Å². The zero-order valence-electron chi connectivity index (χ0n) is 17.4. The minimum atomic E-state index is -0.256. The quantitative estimate of drug-likeness (QED) is 0.820. The minimum Gasteiger partial charge on any atom is -0.379 e. The van der Waals surface area contributed by atoms with Crippen LogP contribution in [0.1, 0.15) is 29.7 Å². The number of amides is 1. The van der Waals surface area contributed by atoms with E-state index in [4.69, 9.17) is 4.74 Å². The van der Waals surface area contributed by atoms with Gasteiger partial charge in [0, 0.05) is 37.9 Å². The SMILES string of the molecule is Cc1ccc([C@H](CN2CCOCC2)N[C@H](C)C(=O)N2CCc3ccccc32)cc1. The van der Waals surface area contributed by atoms with E-state index in [0.29, 0.717) is 0 Å². The normalized spacial score (nSPS) is 19.0. The summed E-state index contributed by atoms with van der Waals surface area (Å²) in [4.78, 5) is 17.6. The average molecular weight is 394 g/mol. The second-order valence-corrected chi connectivity index (χ2v) is 8.13. The fourth-order valence-corrected chi connectivity index (χ4v) is 4.27. The maximum absolute atomic E-state index is 13.3. The predicted molar refractivity (Wildman–Crippen MR) is 116 cm³/mol. The summed E-state index contributed by atoms with van der Waals surface area (Å²) in [6.07, 6.45) is 0.934. The number of ether oxygens (including phenoxy) is 1. The average Bonchev–Trinajstić information content (AvgIpc) is 3.18. The number of aryl methyl sites for hydroxylation is 1. The third-order valence-electron chi connectivity index (χ3n) is 6.00. The van der Waals surface area contributed by atoms with E-state index in [0.717, 1.165) is 51.5 Å². The molecule has 0 spiro atoms. The Bertz CT molecular complexity index is 830. The maximum atomic E-state index is 13.3. The first-order valence-electron chi connectivity index (χ1n) is 10.6. The van der Waals surface area contributed by atoms with E-state index < -0.39 is 0 Å². The van der Waals surface area contributed by atoms with Gasteiger partial charge in [0.15, 0.2) is 0 Å². The molecule has 0 aromatic heterocycles. The van der Waals surface area contributed by atoms with E-state index in [1.54, 1.807) is 0 Å². The summed E-state index contributed by atoms with van der Waals surface area (Å²) in [6, 6.07) is 16.7. The van der Waals surface area contributed by atoms with Crippen molar-refractivity contribution in [1.29, 1.82) is 0 Å². The molecule has 0 bridgehead atoms. The van der Waals surface area contributed by atoms with Crippen molar-refractivity contribution in [2.24, 2.45) is 0 Å². The Morgan fingerprint density at radius 1 is 1.07 bits per heavy atom. The Morgan fingerprint density at radius 2 is 1.79 bits per heavy atom. The molecule has 0 aliphatic carbocycles. The summed E-state index contributed by atoms with van der Waals surface area (Å²) in [6.45, 7) is 9.16. The van der Waals surface area contributed by atoms with Crippen molar-refractivity contribution in [3.63, 3.8) is 0 Å². The third kappa shape index (κ3) is 4.69. The Hall–Kier alpha value is -2.21. The van der Waals surface area contributed by atoms with Crippen molar-refractivity contribution in [2.75, 3.05) is 44.3 Å². The lowest BCUT2D eigenvalue weighted by molar-refractivity contribution is -0.120. The number of para-hydroxylation sites is 1. The smallest absolute Gasteiger partial charge is 0.243 e. The maximum Gasteiger partial charge on any atom is 0.243 e. The molecular formula is C24H31N3O2. The van der Waals surface area contributed by atoms with Gasteiger partial charge in [0.1, 0.15) is 0 Å². The number of fused-ring (bicyclic) bond motifs is 1. The molecule has 1 fully saturated rings. The number of nitrogens with zero attached hydrogens (tertiary/aromatic N) is 2. The van der Waals surface area contributed by atoms with Crippen LogP contribution in [-0.4, -0.2) is 56.2 Å². The van der Waals surface area contributed by atoms with Gasteiger partial charge in [-0.3, -0.25) is 15.0 Å². The summed E-state index contributed by atoms with van der Waals surface area (Å²) in [5.41, 5.74) is 4.79. The van der Waals surface area contributed by atoms with E-state index in [9.17, 15) is 4.79 Å². The van der Waals surface area contributed by atoms with E-state index >= 15 is 0 Å². The Labute approximate surface area is 173 Å². The summed E-state index contributed by atoms with van der Waals surface area (Å²) >= 11 is 0. The molecular weight excluding hydrogens is 362 g/mol. The van der Waals surface area contributed by atoms with Crippen LogP contribution in [0.5, 0.6) is 0 Å². The van der Waals surface area contributed by atoms with Gasteiger partial charge in [-0.1, -0.05) is 48.0 Å². The molecule has 2 aliphatic rings. The molecule has 29 heavy (non-hydrogen) atoms. The highest BCUT2D eigenvalue weighted by molar-refractivity contribution is 5.98. The number of carbonyl (C=O) groups is 1. The van der Waals surface area contributed by atoms with E-state index in [1.165, 1.54) is 16.7 Å². The summed E-state index contributed by atoms with van der Waals surface area (Å²) in [7, 11) is 0. The van der Waals surface area contributed by atoms with Gasteiger partial charge in [0.2, 0.25) is 5.91 Å². The van der Waals surface area contributed by atoms with Crippen LogP contribution in [0.15, 0.2) is 48.5 Å². The number of hydrogen-bond donors (Lipinski definition) is 1. The Balaban J connectivity index is 1.48. The Kier molecular flexibility index (Phi) is 6.28. The van der Waals surface area contributed by atoms with Crippen molar-refractivity contribution in [2.45, 2.75) is 32.4 Å². The lowest BCUT2D eigenvalue weighted by atomic mass is 10.0. The summed E-state index contributed by atoms with van der Waals surface area (Å²) in [5, 5.41) is 3.63. The molecule has 154 valence electrons. The van der Waals surface area contributed by atoms with E-state index in [2.05, 4.69) is 53.5 Å². The van der Waals surface area contributed by atoms with Crippen molar-refractivity contribution in [3.8, 4) is 0 Å². The van der Waals surface area contributed by atoms with Gasteiger partial charge in [-0.25, -0.2) is 0 Å². The van der Waals surface area contributed by atoms with Gasteiger partial charge >= 0.3 is 0 Å². The largest absolute Gasteiger partial charge is 0.379 e. The zero-order valence-corrected chi connectivity index (χ0v) is 17.4. The molecule has 5 heteroatoms. The number of morpholine rings is 1. The van der Waals surface area contributed by atoms with E-state index in [-0.39, 0.29) is 18.0 Å². The van der Waals surface area contributed by atoms with Crippen molar-refractivity contribution < 1.29 is 9.53 Å². The number of benzene rings is 2. The fourth-order valence-electron chi connectivity index (χ4n) is 4.27. The minimum absolute atomic E-state index is 0.102. The number of anilines is 1. The molecule has 1 N–H and O–H groups in total. The van der Waals surface area contributed by atoms with Crippen molar-refractivity contribution in [3.05, 3.63) is 65.2 Å². The molecule has 5 nitrogen and oxygen atoms in total. The fraction of sp³-hybridized carbons (Fsp3) is 0.458. The highest BCUT2D eigenvalue weighted by atomic mass is 16.5. The molecule has 4 rings (SSSR count). The molecule has 2 heterocycles. The highest BCUT2D eigenvalue weighted by Crippen LogP contribution is 2.28. The van der Waals surface area contributed by atoms with Gasteiger partial charge in [0.25, 0.3) is 0 Å². The summed E-state index contributed by atoms with van der Waals surface area (Å²) < 4.78 is 5.50. The monoisotopic (exact) mass is 393 g/mol. The standard InChI is InChI=1S/C24H31N3O2/c1-18-7-9-20(10-8-18)22(17-26-13-15-29-16-14-26)25-19(2)24(28)27-12-11-21-5-3-4-6-23(21)27/h3-10,19,22,25H,11-17H2,1-2H3/t19-,22+/m1/s1. The molecule has 2 aliphatic heterocycles. The highest BCUT2D eigenvalue weighted by Gasteiger charge is 2.29. The molecule has 2 aromatic rings. The molecule has 1 saturated heterocycles. The van der Waals surface area contributed by atoms with Crippen LogP contribution in [0.2, 0.25) is 0 Å². The van der Waals surface area contributed by atoms with Gasteiger partial charge in [-0.05, 0) is 37.5 Å². The van der Waals surface area contributed by atoms with E-state index in [1.807, 2.05) is 24.0 Å². The van der Waals surface area contributed by atoms with Crippen LogP contribution < -0.4 is 10.2 Å². The number of hydrogen-bond acceptors (Lipinski definition) is 4. The second kappa shape index (κ2) is 9.08. The second-order valence-electron chi connectivity index (χ2n) is 8.13. The lowest BCUT2D eigenvalue weighted by Gasteiger charge is -2.33. The lowest BCUT2D eigenvalue weighted by Crippen LogP contribution is -2.49. The van der Waals surface area contributed by atoms with Gasteiger partial charge in [-0.15, -0.1) is 0 Å². The van der Waals surface area contributed by atoms with Crippen LogP contribution in [0.3, 0.4) is 0 Å². The molecule has 0 unspecified atom stereocenters. The molecule has 0 saturated carbocycles. The Morgan fingerprint density at radius 3 is 2.55 bits per heavy atom. The number of nitrogens with one attached hydrogen (secondary N) is 1. The first-order chi connectivity index (χ1) is 14.1. The van der Waals surface area contributed by atoms with Crippen LogP contribution in [0.25, 0.3) is 0 Å². The van der Waals surface area contributed by atoms with Crippen LogP contribution in [0.4, 0.5) is 5.69 Å². The predicted octanol–water partition coefficient (Wildman–Crippen LogP) is 2.94. The molecule has 0 radical (unpaired) electrons. The topological polar surface area (TPSA) is 44.8 Å². The van der Waals surface area contributed by atoms with Gasteiger partial charge < -0.3 is 9.64 Å². The molecule has 2 atom stereocenters. The zero-order chi connectivity index (χ0) is 20.2. The summed E-state index contributed by atoms with van der Waals surface area (Å²) in [5.74, 6) is 0.147.